The summed E-state index contributed by atoms with van der Waals surface area (Å²) >= 11 is 6.08. The van der Waals surface area contributed by atoms with Gasteiger partial charge in [-0.1, -0.05) is 48.0 Å². The Balaban J connectivity index is 1.32. The summed E-state index contributed by atoms with van der Waals surface area (Å²) in [5.74, 6) is 0.403. The number of H-pyrrole nitrogens is 1. The Morgan fingerprint density at radius 2 is 1.89 bits per heavy atom. The monoisotopic (exact) mass is 376 g/mol. The van der Waals surface area contributed by atoms with Gasteiger partial charge in [0, 0.05) is 46.7 Å². The lowest BCUT2D eigenvalue weighted by Gasteiger charge is -2.29. The SMILES string of the molecule is O=C(C1Cc2ccccc2C1)N1CC=C(c2c[nH]c3cc(Cl)ccc23)CC1. The number of fused-ring (bicyclic) bond motifs is 2. The lowest BCUT2D eigenvalue weighted by Crippen LogP contribution is -2.39. The Hall–Kier alpha value is -2.52. The minimum Gasteiger partial charge on any atom is -0.361 e. The van der Waals surface area contributed by atoms with Crippen LogP contribution in [0.15, 0.2) is 54.7 Å². The van der Waals surface area contributed by atoms with Crippen LogP contribution in [-0.4, -0.2) is 28.9 Å². The van der Waals surface area contributed by atoms with Gasteiger partial charge in [0.1, 0.15) is 0 Å². The summed E-state index contributed by atoms with van der Waals surface area (Å²) in [6, 6.07) is 14.4. The van der Waals surface area contributed by atoms with Crippen LogP contribution in [0, 0.1) is 5.92 Å². The van der Waals surface area contributed by atoms with Gasteiger partial charge in [-0.15, -0.1) is 0 Å². The molecule has 5 rings (SSSR count). The lowest BCUT2D eigenvalue weighted by atomic mass is 9.97. The average Bonchev–Trinajstić information content (AvgIpc) is 3.31. The molecular weight excluding hydrogens is 356 g/mol. The van der Waals surface area contributed by atoms with Crippen molar-refractivity contribution < 1.29 is 4.79 Å². The smallest absolute Gasteiger partial charge is 0.226 e. The van der Waals surface area contributed by atoms with Crippen molar-refractivity contribution in [2.75, 3.05) is 13.1 Å². The largest absolute Gasteiger partial charge is 0.361 e. The second-order valence-corrected chi connectivity index (χ2v) is 7.97. The second kappa shape index (κ2) is 6.58. The molecule has 0 bridgehead atoms. The highest BCUT2D eigenvalue weighted by Crippen LogP contribution is 2.32. The molecule has 0 fully saturated rings. The maximum absolute atomic E-state index is 13.0. The number of hydrogen-bond donors (Lipinski definition) is 1. The van der Waals surface area contributed by atoms with Crippen molar-refractivity contribution in [2.24, 2.45) is 5.92 Å². The summed E-state index contributed by atoms with van der Waals surface area (Å²) in [6.45, 7) is 1.49. The zero-order valence-electron chi connectivity index (χ0n) is 15.0. The van der Waals surface area contributed by atoms with E-state index in [0.29, 0.717) is 12.5 Å². The van der Waals surface area contributed by atoms with Crippen LogP contribution in [0.4, 0.5) is 0 Å². The Kier molecular flexibility index (Phi) is 4.05. The molecule has 4 heteroatoms. The van der Waals surface area contributed by atoms with Gasteiger partial charge in [0.2, 0.25) is 5.91 Å². The van der Waals surface area contributed by atoms with Crippen LogP contribution in [0.25, 0.3) is 16.5 Å². The molecule has 0 unspecified atom stereocenters. The van der Waals surface area contributed by atoms with Crippen molar-refractivity contribution in [1.29, 1.82) is 0 Å². The van der Waals surface area contributed by atoms with Gasteiger partial charge in [0.25, 0.3) is 0 Å². The number of benzene rings is 2. The predicted molar refractivity (Wildman–Crippen MR) is 110 cm³/mol. The van der Waals surface area contributed by atoms with E-state index in [1.165, 1.54) is 27.6 Å². The Bertz CT molecular complexity index is 1040. The van der Waals surface area contributed by atoms with Gasteiger partial charge < -0.3 is 9.88 Å². The molecule has 2 aromatic carbocycles. The zero-order valence-corrected chi connectivity index (χ0v) is 15.8. The molecule has 2 aliphatic rings. The van der Waals surface area contributed by atoms with Crippen LogP contribution in [0.3, 0.4) is 0 Å². The zero-order chi connectivity index (χ0) is 18.4. The van der Waals surface area contributed by atoms with Crippen molar-refractivity contribution in [1.82, 2.24) is 9.88 Å². The number of aromatic nitrogens is 1. The van der Waals surface area contributed by atoms with Crippen LogP contribution in [0.5, 0.6) is 0 Å². The lowest BCUT2D eigenvalue weighted by molar-refractivity contribution is -0.134. The van der Waals surface area contributed by atoms with E-state index in [4.69, 9.17) is 11.6 Å². The molecule has 0 spiro atoms. The Morgan fingerprint density at radius 1 is 1.11 bits per heavy atom. The van der Waals surface area contributed by atoms with Gasteiger partial charge in [-0.25, -0.2) is 0 Å². The minimum atomic E-state index is 0.104. The summed E-state index contributed by atoms with van der Waals surface area (Å²) in [5.41, 5.74) is 6.26. The van der Waals surface area contributed by atoms with Gasteiger partial charge >= 0.3 is 0 Å². The number of aromatic amines is 1. The first-order valence-electron chi connectivity index (χ1n) is 9.50. The van der Waals surface area contributed by atoms with Crippen molar-refractivity contribution >= 4 is 34.0 Å². The van der Waals surface area contributed by atoms with E-state index in [1.54, 1.807) is 0 Å². The first kappa shape index (κ1) is 16.6. The molecule has 2 heterocycles. The molecule has 0 saturated heterocycles. The van der Waals surface area contributed by atoms with E-state index in [-0.39, 0.29) is 5.92 Å². The third-order valence-electron chi connectivity index (χ3n) is 5.91. The van der Waals surface area contributed by atoms with Crippen LogP contribution in [0.1, 0.15) is 23.1 Å². The molecular formula is C23H21ClN2O. The maximum atomic E-state index is 13.0. The van der Waals surface area contributed by atoms with Crippen LogP contribution >= 0.6 is 11.6 Å². The topological polar surface area (TPSA) is 36.1 Å². The average molecular weight is 377 g/mol. The quantitative estimate of drug-likeness (QED) is 0.681. The fraction of sp³-hybridized carbons (Fsp3) is 0.261. The number of halogens is 1. The predicted octanol–water partition coefficient (Wildman–Crippen LogP) is 4.85. The molecule has 1 amide bonds. The van der Waals surface area contributed by atoms with E-state index in [1.807, 2.05) is 17.0 Å². The third kappa shape index (κ3) is 2.96. The van der Waals surface area contributed by atoms with Crippen molar-refractivity contribution in [2.45, 2.75) is 19.3 Å². The molecule has 1 N–H and O–H groups in total. The summed E-state index contributed by atoms with van der Waals surface area (Å²) in [6.07, 6.45) is 6.91. The number of rotatable bonds is 2. The molecule has 27 heavy (non-hydrogen) atoms. The number of amides is 1. The molecule has 0 atom stereocenters. The van der Waals surface area contributed by atoms with E-state index < -0.39 is 0 Å². The first-order chi connectivity index (χ1) is 13.2. The first-order valence-corrected chi connectivity index (χ1v) is 9.88. The Morgan fingerprint density at radius 3 is 2.59 bits per heavy atom. The van der Waals surface area contributed by atoms with Crippen molar-refractivity contribution in [3.05, 3.63) is 76.5 Å². The van der Waals surface area contributed by atoms with Gasteiger partial charge in [-0.05, 0) is 48.1 Å². The summed E-state index contributed by atoms with van der Waals surface area (Å²) < 4.78 is 0. The number of carbonyl (C=O) groups is 1. The summed E-state index contributed by atoms with van der Waals surface area (Å²) in [5, 5.41) is 1.93. The third-order valence-corrected chi connectivity index (χ3v) is 6.15. The highest BCUT2D eigenvalue weighted by molar-refractivity contribution is 6.31. The highest BCUT2D eigenvalue weighted by Gasteiger charge is 2.31. The van der Waals surface area contributed by atoms with Gasteiger partial charge in [-0.2, -0.15) is 0 Å². The normalized spacial score (nSPS) is 17.2. The Labute approximate surface area is 163 Å². The number of nitrogens with one attached hydrogen (secondary N) is 1. The standard InChI is InChI=1S/C23H21ClN2O/c24-19-5-6-20-21(14-25-22(20)13-19)15-7-9-26(10-8-15)23(27)18-11-16-3-1-2-4-17(16)12-18/h1-7,13-14,18,25H,8-12H2. The molecule has 1 aromatic heterocycles. The minimum absolute atomic E-state index is 0.104. The van der Waals surface area contributed by atoms with Crippen LogP contribution in [-0.2, 0) is 17.6 Å². The van der Waals surface area contributed by atoms with E-state index in [9.17, 15) is 4.79 Å². The van der Waals surface area contributed by atoms with E-state index >= 15 is 0 Å². The van der Waals surface area contributed by atoms with Crippen molar-refractivity contribution in [3.63, 3.8) is 0 Å². The number of nitrogens with zero attached hydrogens (tertiary/aromatic N) is 1. The van der Waals surface area contributed by atoms with Gasteiger partial charge in [0.15, 0.2) is 0 Å². The van der Waals surface area contributed by atoms with E-state index in [0.717, 1.165) is 36.3 Å². The highest BCUT2D eigenvalue weighted by atomic mass is 35.5. The van der Waals surface area contributed by atoms with Gasteiger partial charge in [0.05, 0.1) is 0 Å². The molecule has 1 aliphatic heterocycles. The number of hydrogen-bond acceptors (Lipinski definition) is 1. The molecule has 136 valence electrons. The van der Waals surface area contributed by atoms with Crippen LogP contribution in [0.2, 0.25) is 5.02 Å². The molecule has 3 aromatic rings. The van der Waals surface area contributed by atoms with E-state index in [2.05, 4.69) is 47.6 Å². The van der Waals surface area contributed by atoms with Crippen LogP contribution < -0.4 is 0 Å². The summed E-state index contributed by atoms with van der Waals surface area (Å²) in [4.78, 5) is 18.3. The molecule has 1 aliphatic carbocycles. The molecule has 0 saturated carbocycles. The molecule has 3 nitrogen and oxygen atoms in total. The number of carbonyl (C=O) groups excluding carboxylic acids is 1. The van der Waals surface area contributed by atoms with Crippen molar-refractivity contribution in [3.8, 4) is 0 Å². The summed E-state index contributed by atoms with van der Waals surface area (Å²) in [7, 11) is 0. The second-order valence-electron chi connectivity index (χ2n) is 7.53. The molecule has 0 radical (unpaired) electrons. The fourth-order valence-electron chi connectivity index (χ4n) is 4.47. The van der Waals surface area contributed by atoms with Gasteiger partial charge in [-0.3, -0.25) is 4.79 Å². The maximum Gasteiger partial charge on any atom is 0.226 e. The fourth-order valence-corrected chi connectivity index (χ4v) is 4.64.